The minimum atomic E-state index is 0.923. The lowest BCUT2D eigenvalue weighted by atomic mass is 9.96. The van der Waals surface area contributed by atoms with Crippen molar-refractivity contribution >= 4 is 0 Å². The average molecular weight is 208 g/mol. The van der Waals surface area contributed by atoms with Gasteiger partial charge < -0.3 is 0 Å². The lowest BCUT2D eigenvalue weighted by Crippen LogP contribution is -1.89. The van der Waals surface area contributed by atoms with Crippen molar-refractivity contribution in [2.45, 2.75) is 13.3 Å². The van der Waals surface area contributed by atoms with E-state index in [0.29, 0.717) is 0 Å². The van der Waals surface area contributed by atoms with Crippen LogP contribution < -0.4 is 0 Å². The van der Waals surface area contributed by atoms with E-state index in [1.165, 1.54) is 22.3 Å². The predicted molar refractivity (Wildman–Crippen MR) is 70.5 cm³/mol. The van der Waals surface area contributed by atoms with Gasteiger partial charge in [0.1, 0.15) is 0 Å². The average Bonchev–Trinajstić information content (AvgIpc) is 2.31. The Morgan fingerprint density at radius 1 is 1.06 bits per heavy atom. The minimum absolute atomic E-state index is 0.923. The van der Waals surface area contributed by atoms with Gasteiger partial charge in [0.2, 0.25) is 0 Å². The molecule has 0 aliphatic rings. The first-order valence-corrected chi connectivity index (χ1v) is 5.57. The molecule has 0 saturated heterocycles. The Morgan fingerprint density at radius 2 is 1.81 bits per heavy atom. The third-order valence-corrected chi connectivity index (χ3v) is 2.71. The summed E-state index contributed by atoms with van der Waals surface area (Å²) in [6, 6.07) is 17.1. The quantitative estimate of drug-likeness (QED) is 0.656. The number of benzene rings is 2. The first-order valence-electron chi connectivity index (χ1n) is 5.57. The molecule has 2 rings (SSSR count). The highest BCUT2D eigenvalue weighted by molar-refractivity contribution is 5.68. The van der Waals surface area contributed by atoms with Crippen LogP contribution in [0.4, 0.5) is 0 Å². The molecule has 80 valence electrons. The maximum absolute atomic E-state index is 3.82. The van der Waals surface area contributed by atoms with Crippen LogP contribution in [0.25, 0.3) is 11.1 Å². The van der Waals surface area contributed by atoms with Crippen molar-refractivity contribution < 1.29 is 0 Å². The van der Waals surface area contributed by atoms with Gasteiger partial charge in [0.25, 0.3) is 0 Å². The molecule has 0 heterocycles. The zero-order valence-corrected chi connectivity index (χ0v) is 9.61. The zero-order chi connectivity index (χ0) is 11.4. The number of rotatable bonds is 3. The van der Waals surface area contributed by atoms with Crippen LogP contribution in [0.1, 0.15) is 11.1 Å². The van der Waals surface area contributed by atoms with Crippen molar-refractivity contribution in [2.75, 3.05) is 0 Å². The van der Waals surface area contributed by atoms with E-state index >= 15 is 0 Å². The first-order chi connectivity index (χ1) is 7.81. The largest absolute Gasteiger partial charge is 0.103 e. The summed E-state index contributed by atoms with van der Waals surface area (Å²) in [6.45, 7) is 5.95. The molecular weight excluding hydrogens is 192 g/mol. The molecule has 0 aromatic heterocycles. The molecule has 0 N–H and O–H groups in total. The summed E-state index contributed by atoms with van der Waals surface area (Å²) in [7, 11) is 0. The van der Waals surface area contributed by atoms with Crippen LogP contribution in [-0.4, -0.2) is 0 Å². The second-order valence-electron chi connectivity index (χ2n) is 4.02. The SMILES string of the molecule is C=CCc1cc(C)ccc1-c1ccccc1. The molecule has 0 radical (unpaired) electrons. The summed E-state index contributed by atoms with van der Waals surface area (Å²) in [4.78, 5) is 0. The highest BCUT2D eigenvalue weighted by Crippen LogP contribution is 2.25. The van der Waals surface area contributed by atoms with Gasteiger partial charge in [-0.15, -0.1) is 6.58 Å². The summed E-state index contributed by atoms with van der Waals surface area (Å²) in [5.41, 5.74) is 5.24. The van der Waals surface area contributed by atoms with Gasteiger partial charge in [-0.3, -0.25) is 0 Å². The highest BCUT2D eigenvalue weighted by Gasteiger charge is 2.03. The molecule has 0 amide bonds. The number of allylic oxidation sites excluding steroid dienone is 1. The predicted octanol–water partition coefficient (Wildman–Crippen LogP) is 4.39. The van der Waals surface area contributed by atoms with Crippen molar-refractivity contribution in [3.05, 3.63) is 72.3 Å². The van der Waals surface area contributed by atoms with E-state index in [2.05, 4.69) is 56.0 Å². The Kier molecular flexibility index (Phi) is 3.21. The fourth-order valence-corrected chi connectivity index (χ4v) is 1.95. The van der Waals surface area contributed by atoms with Gasteiger partial charge in [-0.1, -0.05) is 60.2 Å². The fraction of sp³-hybridized carbons (Fsp3) is 0.125. The zero-order valence-electron chi connectivity index (χ0n) is 9.61. The summed E-state index contributed by atoms with van der Waals surface area (Å²) < 4.78 is 0. The summed E-state index contributed by atoms with van der Waals surface area (Å²) >= 11 is 0. The number of hydrogen-bond donors (Lipinski definition) is 0. The van der Waals surface area contributed by atoms with Crippen molar-refractivity contribution in [2.24, 2.45) is 0 Å². The van der Waals surface area contributed by atoms with Crippen molar-refractivity contribution in [1.82, 2.24) is 0 Å². The fourth-order valence-electron chi connectivity index (χ4n) is 1.95. The minimum Gasteiger partial charge on any atom is -0.103 e. The molecule has 0 nitrogen and oxygen atoms in total. The normalized spacial score (nSPS) is 10.1. The van der Waals surface area contributed by atoms with E-state index in [1.807, 2.05) is 12.1 Å². The third kappa shape index (κ3) is 2.22. The Hall–Kier alpha value is -1.82. The molecule has 2 aromatic rings. The molecule has 16 heavy (non-hydrogen) atoms. The van der Waals surface area contributed by atoms with Gasteiger partial charge in [-0.25, -0.2) is 0 Å². The van der Waals surface area contributed by atoms with Gasteiger partial charge in [-0.05, 0) is 30.0 Å². The molecule has 2 aromatic carbocycles. The van der Waals surface area contributed by atoms with Gasteiger partial charge in [-0.2, -0.15) is 0 Å². The van der Waals surface area contributed by atoms with Crippen LogP contribution in [0, 0.1) is 6.92 Å². The Bertz CT molecular complexity index is 481. The number of hydrogen-bond acceptors (Lipinski definition) is 0. The highest BCUT2D eigenvalue weighted by atomic mass is 14.1. The van der Waals surface area contributed by atoms with E-state index in [1.54, 1.807) is 0 Å². The monoisotopic (exact) mass is 208 g/mol. The molecule has 0 aliphatic carbocycles. The maximum atomic E-state index is 3.82. The van der Waals surface area contributed by atoms with Crippen LogP contribution >= 0.6 is 0 Å². The summed E-state index contributed by atoms with van der Waals surface area (Å²) in [5.74, 6) is 0. The van der Waals surface area contributed by atoms with E-state index < -0.39 is 0 Å². The van der Waals surface area contributed by atoms with Crippen LogP contribution in [-0.2, 0) is 6.42 Å². The third-order valence-electron chi connectivity index (χ3n) is 2.71. The van der Waals surface area contributed by atoms with Crippen LogP contribution in [0.15, 0.2) is 61.2 Å². The van der Waals surface area contributed by atoms with E-state index in [-0.39, 0.29) is 0 Å². The van der Waals surface area contributed by atoms with Gasteiger partial charge in [0, 0.05) is 0 Å². The van der Waals surface area contributed by atoms with Crippen molar-refractivity contribution in [1.29, 1.82) is 0 Å². The molecule has 0 saturated carbocycles. The Labute approximate surface area is 97.3 Å². The topological polar surface area (TPSA) is 0 Å². The Morgan fingerprint density at radius 3 is 2.50 bits per heavy atom. The first kappa shape index (κ1) is 10.7. The van der Waals surface area contributed by atoms with Gasteiger partial charge in [0.05, 0.1) is 0 Å². The molecular formula is C16H16. The van der Waals surface area contributed by atoms with E-state index in [0.717, 1.165) is 6.42 Å². The molecule has 0 aliphatic heterocycles. The molecule has 0 unspecified atom stereocenters. The molecule has 0 atom stereocenters. The smallest absolute Gasteiger partial charge is 0.00939 e. The molecule has 0 spiro atoms. The maximum Gasteiger partial charge on any atom is -0.00939 e. The number of aryl methyl sites for hydroxylation is 1. The lowest BCUT2D eigenvalue weighted by Gasteiger charge is -2.09. The Balaban J connectivity index is 2.51. The second-order valence-corrected chi connectivity index (χ2v) is 4.02. The molecule has 0 fully saturated rings. The van der Waals surface area contributed by atoms with E-state index in [9.17, 15) is 0 Å². The summed E-state index contributed by atoms with van der Waals surface area (Å²) in [6.07, 6.45) is 2.88. The standard InChI is InChI=1S/C16H16/c1-3-7-15-12-13(2)10-11-16(15)14-8-5-4-6-9-14/h3-6,8-12H,1,7H2,2H3. The van der Waals surface area contributed by atoms with Gasteiger partial charge in [0.15, 0.2) is 0 Å². The van der Waals surface area contributed by atoms with Gasteiger partial charge >= 0.3 is 0 Å². The van der Waals surface area contributed by atoms with Crippen LogP contribution in [0.2, 0.25) is 0 Å². The van der Waals surface area contributed by atoms with Crippen LogP contribution in [0.5, 0.6) is 0 Å². The van der Waals surface area contributed by atoms with Crippen LogP contribution in [0.3, 0.4) is 0 Å². The summed E-state index contributed by atoms with van der Waals surface area (Å²) in [5, 5.41) is 0. The molecule has 0 bridgehead atoms. The lowest BCUT2D eigenvalue weighted by molar-refractivity contribution is 1.25. The van der Waals surface area contributed by atoms with E-state index in [4.69, 9.17) is 0 Å². The van der Waals surface area contributed by atoms with Crippen molar-refractivity contribution in [3.63, 3.8) is 0 Å². The second kappa shape index (κ2) is 4.80. The molecule has 0 heteroatoms. The van der Waals surface area contributed by atoms with Crippen molar-refractivity contribution in [3.8, 4) is 11.1 Å².